The van der Waals surface area contributed by atoms with Crippen molar-refractivity contribution in [1.82, 2.24) is 25.2 Å². The zero-order valence-electron chi connectivity index (χ0n) is 14.4. The second kappa shape index (κ2) is 6.45. The van der Waals surface area contributed by atoms with Gasteiger partial charge in [0.1, 0.15) is 18.1 Å². The fourth-order valence-electron chi connectivity index (χ4n) is 2.97. The maximum absolute atomic E-state index is 12.6. The number of halogens is 2. The molecular weight excluding hydrogens is 360 g/mol. The van der Waals surface area contributed by atoms with Gasteiger partial charge >= 0.3 is 6.43 Å². The Kier molecular flexibility index (Phi) is 4.09. The van der Waals surface area contributed by atoms with Crippen LogP contribution in [0.15, 0.2) is 28.8 Å². The van der Waals surface area contributed by atoms with Crippen LogP contribution in [0.3, 0.4) is 0 Å². The lowest BCUT2D eigenvalue weighted by Crippen LogP contribution is -2.30. The van der Waals surface area contributed by atoms with E-state index < -0.39 is 12.3 Å². The normalized spacial score (nSPS) is 15.7. The number of aromatic nitrogens is 4. The highest BCUT2D eigenvalue weighted by atomic mass is 19.3. The van der Waals surface area contributed by atoms with E-state index in [-0.39, 0.29) is 24.4 Å². The Morgan fingerprint density at radius 3 is 2.85 bits per heavy atom. The van der Waals surface area contributed by atoms with Gasteiger partial charge in [-0.2, -0.15) is 18.9 Å². The summed E-state index contributed by atoms with van der Waals surface area (Å²) < 4.78 is 36.8. The number of nitrogens with one attached hydrogen (secondary N) is 1. The summed E-state index contributed by atoms with van der Waals surface area (Å²) in [5.74, 6) is -0.414. The van der Waals surface area contributed by atoms with Gasteiger partial charge < -0.3 is 14.6 Å². The summed E-state index contributed by atoms with van der Waals surface area (Å²) in [6.45, 7) is 2.07. The third-order valence-corrected chi connectivity index (χ3v) is 4.22. The average molecular weight is 375 g/mol. The highest BCUT2D eigenvalue weighted by molar-refractivity contribution is 5.93. The molecule has 0 aliphatic carbocycles. The van der Waals surface area contributed by atoms with Crippen LogP contribution >= 0.6 is 0 Å². The molecule has 2 aromatic heterocycles. The zero-order chi connectivity index (χ0) is 19.1. The van der Waals surface area contributed by atoms with Crippen molar-refractivity contribution in [2.24, 2.45) is 7.05 Å². The number of carbonyl (C=O) groups is 1. The molecule has 1 aliphatic rings. The number of rotatable bonds is 4. The Morgan fingerprint density at radius 1 is 1.37 bits per heavy atom. The highest BCUT2D eigenvalue weighted by Gasteiger charge is 2.28. The first kappa shape index (κ1) is 17.1. The maximum Gasteiger partial charge on any atom is 0.315 e. The molecule has 0 saturated heterocycles. The molecule has 27 heavy (non-hydrogen) atoms. The first-order valence-electron chi connectivity index (χ1n) is 8.12. The summed E-state index contributed by atoms with van der Waals surface area (Å²) in [4.78, 5) is 16.1. The molecule has 8 nitrogen and oxygen atoms in total. The molecule has 0 fully saturated rings. The molecule has 3 heterocycles. The number of amides is 1. The average Bonchev–Trinajstić information content (AvgIpc) is 3.33. The van der Waals surface area contributed by atoms with Crippen molar-refractivity contribution in [3.63, 3.8) is 0 Å². The molecule has 0 saturated carbocycles. The molecule has 1 aliphatic heterocycles. The number of nitrogens with zero attached hydrogens (tertiary/aromatic N) is 4. The van der Waals surface area contributed by atoms with Crippen LogP contribution in [-0.4, -0.2) is 32.4 Å². The molecule has 3 aromatic rings. The minimum Gasteiger partial charge on any atom is -0.491 e. The van der Waals surface area contributed by atoms with E-state index in [2.05, 4.69) is 25.1 Å². The van der Waals surface area contributed by atoms with Crippen molar-refractivity contribution < 1.29 is 22.8 Å². The molecule has 0 radical (unpaired) electrons. The third-order valence-electron chi connectivity index (χ3n) is 4.22. The summed E-state index contributed by atoms with van der Waals surface area (Å²) >= 11 is 0. The van der Waals surface area contributed by atoms with E-state index in [0.717, 1.165) is 11.3 Å². The van der Waals surface area contributed by atoms with Crippen LogP contribution in [0.5, 0.6) is 5.75 Å². The minimum atomic E-state index is -2.83. The fourth-order valence-corrected chi connectivity index (χ4v) is 2.97. The molecule has 0 spiro atoms. The van der Waals surface area contributed by atoms with Gasteiger partial charge in [0.05, 0.1) is 11.7 Å². The molecule has 1 N–H and O–H groups in total. The topological polar surface area (TPSA) is 95.1 Å². The van der Waals surface area contributed by atoms with Crippen LogP contribution in [0.25, 0.3) is 11.4 Å². The lowest BCUT2D eigenvalue weighted by atomic mass is 10.1. The van der Waals surface area contributed by atoms with Gasteiger partial charge in [-0.05, 0) is 19.1 Å². The van der Waals surface area contributed by atoms with Crippen LogP contribution in [0.2, 0.25) is 0 Å². The highest BCUT2D eigenvalue weighted by Crippen LogP contribution is 2.35. The molecule has 0 unspecified atom stereocenters. The van der Waals surface area contributed by atoms with Crippen LogP contribution in [-0.2, 0) is 7.05 Å². The lowest BCUT2D eigenvalue weighted by molar-refractivity contribution is 0.0920. The molecule has 1 atom stereocenters. The van der Waals surface area contributed by atoms with E-state index >= 15 is 0 Å². The van der Waals surface area contributed by atoms with Gasteiger partial charge in [0.2, 0.25) is 5.82 Å². The SMILES string of the molecule is Cc1cc(C(=O)N[C@@H]2COc3cc(-c4noc(C(F)F)n4)ccc32)n(C)n1. The molecule has 140 valence electrons. The zero-order valence-corrected chi connectivity index (χ0v) is 14.4. The maximum atomic E-state index is 12.6. The Balaban J connectivity index is 1.54. The molecule has 1 aromatic carbocycles. The number of hydrogen-bond acceptors (Lipinski definition) is 6. The van der Waals surface area contributed by atoms with Crippen molar-refractivity contribution in [1.29, 1.82) is 0 Å². The minimum absolute atomic E-state index is 0.0505. The number of benzene rings is 1. The monoisotopic (exact) mass is 375 g/mol. The van der Waals surface area contributed by atoms with Crippen molar-refractivity contribution in [3.8, 4) is 17.1 Å². The predicted molar refractivity (Wildman–Crippen MR) is 88.3 cm³/mol. The lowest BCUT2D eigenvalue weighted by Gasteiger charge is -2.11. The van der Waals surface area contributed by atoms with Gasteiger partial charge in [0.15, 0.2) is 0 Å². The Hall–Kier alpha value is -3.30. The Morgan fingerprint density at radius 2 is 2.19 bits per heavy atom. The first-order valence-corrected chi connectivity index (χ1v) is 8.12. The second-order valence-corrected chi connectivity index (χ2v) is 6.14. The Labute approximate surface area is 152 Å². The van der Waals surface area contributed by atoms with Gasteiger partial charge in [0, 0.05) is 18.2 Å². The van der Waals surface area contributed by atoms with Gasteiger partial charge in [-0.3, -0.25) is 9.48 Å². The van der Waals surface area contributed by atoms with Crippen LogP contribution in [0, 0.1) is 6.92 Å². The van der Waals surface area contributed by atoms with Crippen molar-refractivity contribution >= 4 is 5.91 Å². The third kappa shape index (κ3) is 3.14. The number of ether oxygens (including phenoxy) is 1. The quantitative estimate of drug-likeness (QED) is 0.753. The Bertz CT molecular complexity index is 1010. The van der Waals surface area contributed by atoms with Crippen molar-refractivity contribution in [2.75, 3.05) is 6.61 Å². The predicted octanol–water partition coefficient (Wildman–Crippen LogP) is 2.58. The first-order chi connectivity index (χ1) is 12.9. The number of alkyl halides is 2. The largest absolute Gasteiger partial charge is 0.491 e. The van der Waals surface area contributed by atoms with Crippen LogP contribution in [0.1, 0.15) is 40.1 Å². The van der Waals surface area contributed by atoms with Crippen molar-refractivity contribution in [2.45, 2.75) is 19.4 Å². The number of fused-ring (bicyclic) bond motifs is 1. The summed E-state index contributed by atoms with van der Waals surface area (Å²) in [7, 11) is 1.70. The summed E-state index contributed by atoms with van der Waals surface area (Å²) in [6, 6.07) is 6.41. The number of aryl methyl sites for hydroxylation is 2. The van der Waals surface area contributed by atoms with Gasteiger partial charge in [0.25, 0.3) is 11.8 Å². The van der Waals surface area contributed by atoms with Crippen LogP contribution in [0.4, 0.5) is 8.78 Å². The summed E-state index contributed by atoms with van der Waals surface area (Å²) in [5.41, 5.74) is 2.46. The second-order valence-electron chi connectivity index (χ2n) is 6.14. The fraction of sp³-hybridized carbons (Fsp3) is 0.294. The molecular formula is C17H15F2N5O3. The van der Waals surface area contributed by atoms with E-state index in [1.165, 1.54) is 4.68 Å². The smallest absolute Gasteiger partial charge is 0.315 e. The standard InChI is InChI=1S/C17H15F2N5O3/c1-8-5-12(24(2)22-8)16(25)20-11-7-26-13-6-9(3-4-10(11)13)15-21-17(14(18)19)27-23-15/h3-6,11,14H,7H2,1-2H3,(H,20,25)/t11-/m1/s1. The van der Waals surface area contributed by atoms with E-state index in [1.54, 1.807) is 31.3 Å². The molecule has 1 amide bonds. The van der Waals surface area contributed by atoms with E-state index in [1.807, 2.05) is 6.92 Å². The van der Waals surface area contributed by atoms with E-state index in [9.17, 15) is 13.6 Å². The molecule has 4 rings (SSSR count). The number of hydrogen-bond donors (Lipinski definition) is 1. The molecule has 10 heteroatoms. The number of carbonyl (C=O) groups excluding carboxylic acids is 1. The van der Waals surface area contributed by atoms with Crippen LogP contribution < -0.4 is 10.1 Å². The van der Waals surface area contributed by atoms with Gasteiger partial charge in [-0.1, -0.05) is 17.3 Å². The van der Waals surface area contributed by atoms with Gasteiger partial charge in [-0.25, -0.2) is 0 Å². The van der Waals surface area contributed by atoms with E-state index in [4.69, 9.17) is 4.74 Å². The molecule has 0 bridgehead atoms. The summed E-state index contributed by atoms with van der Waals surface area (Å²) in [5, 5.41) is 10.6. The van der Waals surface area contributed by atoms with E-state index in [0.29, 0.717) is 17.0 Å². The van der Waals surface area contributed by atoms with Gasteiger partial charge in [-0.15, -0.1) is 0 Å². The summed E-state index contributed by atoms with van der Waals surface area (Å²) in [6.07, 6.45) is -2.83. The van der Waals surface area contributed by atoms with Crippen molar-refractivity contribution in [3.05, 3.63) is 47.1 Å².